The van der Waals surface area contributed by atoms with Crippen molar-refractivity contribution in [3.63, 3.8) is 0 Å². The van der Waals surface area contributed by atoms with Gasteiger partial charge in [0, 0.05) is 18.0 Å². The average Bonchev–Trinajstić information content (AvgIpc) is 2.68. The van der Waals surface area contributed by atoms with Crippen molar-refractivity contribution < 1.29 is 22.8 Å². The molecule has 2 amide bonds. The van der Waals surface area contributed by atoms with Crippen LogP contribution in [-0.4, -0.2) is 21.6 Å². The van der Waals surface area contributed by atoms with Gasteiger partial charge >= 0.3 is 6.18 Å². The number of aromatic nitrogens is 2. The van der Waals surface area contributed by atoms with Crippen molar-refractivity contribution >= 4 is 22.6 Å². The highest BCUT2D eigenvalue weighted by atomic mass is 19.4. The number of carbonyl (C=O) groups excluding carboxylic acids is 2. The predicted molar refractivity (Wildman–Crippen MR) is 93.4 cm³/mol. The zero-order chi connectivity index (χ0) is 20.5. The topological polar surface area (TPSA) is 93.1 Å². The van der Waals surface area contributed by atoms with Crippen LogP contribution in [0.15, 0.2) is 53.3 Å². The van der Waals surface area contributed by atoms with Gasteiger partial charge in [-0.05, 0) is 24.3 Å². The van der Waals surface area contributed by atoms with E-state index in [9.17, 15) is 27.6 Å². The van der Waals surface area contributed by atoms with E-state index in [1.807, 2.05) is 5.43 Å². The van der Waals surface area contributed by atoms with Crippen LogP contribution in [0.5, 0.6) is 0 Å². The number of fused-ring (bicyclic) bond motifs is 1. The molecular formula is C18H13F3N4O3. The fourth-order valence-corrected chi connectivity index (χ4v) is 2.55. The monoisotopic (exact) mass is 390 g/mol. The van der Waals surface area contributed by atoms with Crippen molar-refractivity contribution in [3.05, 3.63) is 75.7 Å². The number of amides is 2. The van der Waals surface area contributed by atoms with Gasteiger partial charge in [0.2, 0.25) is 0 Å². The molecule has 1 heterocycles. The number of hydrogen-bond donors (Lipinski definition) is 2. The van der Waals surface area contributed by atoms with E-state index in [4.69, 9.17) is 0 Å². The number of alkyl halides is 3. The third-order valence-electron chi connectivity index (χ3n) is 3.91. The highest BCUT2D eigenvalue weighted by Gasteiger charge is 2.31. The van der Waals surface area contributed by atoms with Crippen LogP contribution in [0.3, 0.4) is 0 Å². The van der Waals surface area contributed by atoms with E-state index in [-0.39, 0.29) is 22.0 Å². The molecule has 0 saturated heterocycles. The van der Waals surface area contributed by atoms with Gasteiger partial charge in [0.05, 0.1) is 10.9 Å². The zero-order valence-electron chi connectivity index (χ0n) is 14.4. The third-order valence-corrected chi connectivity index (χ3v) is 3.91. The van der Waals surface area contributed by atoms with Crippen LogP contribution in [0.25, 0.3) is 10.8 Å². The Morgan fingerprint density at radius 2 is 1.61 bits per heavy atom. The molecular weight excluding hydrogens is 377 g/mol. The molecule has 7 nitrogen and oxygen atoms in total. The quantitative estimate of drug-likeness (QED) is 0.655. The van der Waals surface area contributed by atoms with E-state index in [2.05, 4.69) is 10.5 Å². The van der Waals surface area contributed by atoms with Gasteiger partial charge < -0.3 is 0 Å². The van der Waals surface area contributed by atoms with Gasteiger partial charge in [-0.25, -0.2) is 4.68 Å². The third kappa shape index (κ3) is 3.70. The summed E-state index contributed by atoms with van der Waals surface area (Å²) in [7, 11) is 1.37. The Kier molecular flexibility index (Phi) is 4.87. The Labute approximate surface area is 155 Å². The molecule has 144 valence electrons. The molecule has 0 unspecified atom stereocenters. The first-order valence-electron chi connectivity index (χ1n) is 7.92. The van der Waals surface area contributed by atoms with E-state index in [0.29, 0.717) is 6.07 Å². The second-order valence-corrected chi connectivity index (χ2v) is 5.81. The smallest absolute Gasteiger partial charge is 0.267 e. The zero-order valence-corrected chi connectivity index (χ0v) is 14.4. The molecule has 0 spiro atoms. The Balaban J connectivity index is 1.82. The van der Waals surface area contributed by atoms with Crippen LogP contribution in [0, 0.1) is 0 Å². The van der Waals surface area contributed by atoms with Crippen LogP contribution in [0.4, 0.5) is 13.2 Å². The number of aryl methyl sites for hydroxylation is 1. The predicted octanol–water partition coefficient (Wildman–Crippen LogP) is 2.03. The standard InChI is InChI=1S/C18H13F3N4O3/c1-25-17(28)13-8-3-2-7-12(13)14(24-25)16(27)23-22-15(26)10-5-4-6-11(9-10)18(19,20)21/h2-9H,1H3,(H,22,26)(H,23,27). The maximum Gasteiger partial charge on any atom is 0.416 e. The molecule has 0 aliphatic heterocycles. The van der Waals surface area contributed by atoms with Crippen LogP contribution >= 0.6 is 0 Å². The molecule has 0 radical (unpaired) electrons. The molecule has 0 bridgehead atoms. The summed E-state index contributed by atoms with van der Waals surface area (Å²) in [6.07, 6.45) is -4.60. The van der Waals surface area contributed by atoms with Crippen LogP contribution in [-0.2, 0) is 13.2 Å². The lowest BCUT2D eigenvalue weighted by Crippen LogP contribution is -2.42. The number of hydrazine groups is 1. The van der Waals surface area contributed by atoms with Crippen molar-refractivity contribution in [2.75, 3.05) is 0 Å². The number of carbonyl (C=O) groups is 2. The summed E-state index contributed by atoms with van der Waals surface area (Å²) in [5.74, 6) is -1.76. The fourth-order valence-electron chi connectivity index (χ4n) is 2.55. The van der Waals surface area contributed by atoms with E-state index in [1.54, 1.807) is 12.1 Å². The van der Waals surface area contributed by atoms with Gasteiger partial charge in [-0.1, -0.05) is 24.3 Å². The van der Waals surface area contributed by atoms with Gasteiger partial charge in [-0.3, -0.25) is 25.2 Å². The first-order chi connectivity index (χ1) is 13.2. The lowest BCUT2D eigenvalue weighted by molar-refractivity contribution is -0.137. The minimum Gasteiger partial charge on any atom is -0.267 e. The van der Waals surface area contributed by atoms with Crippen molar-refractivity contribution in [2.24, 2.45) is 7.05 Å². The van der Waals surface area contributed by atoms with Crippen molar-refractivity contribution in [3.8, 4) is 0 Å². The first kappa shape index (κ1) is 19.1. The van der Waals surface area contributed by atoms with E-state index < -0.39 is 29.1 Å². The minimum atomic E-state index is -4.60. The maximum atomic E-state index is 12.7. The maximum absolute atomic E-state index is 12.7. The molecule has 0 atom stereocenters. The van der Waals surface area contributed by atoms with Crippen molar-refractivity contribution in [1.29, 1.82) is 0 Å². The van der Waals surface area contributed by atoms with Crippen LogP contribution in [0.2, 0.25) is 0 Å². The SMILES string of the molecule is Cn1nc(C(=O)NNC(=O)c2cccc(C(F)(F)F)c2)c2ccccc2c1=O. The number of benzene rings is 2. The summed E-state index contributed by atoms with van der Waals surface area (Å²) in [5.41, 5.74) is 2.34. The summed E-state index contributed by atoms with van der Waals surface area (Å²) in [4.78, 5) is 36.6. The number of halogens is 3. The van der Waals surface area contributed by atoms with E-state index in [0.717, 1.165) is 16.8 Å². The summed E-state index contributed by atoms with van der Waals surface area (Å²) < 4.78 is 39.2. The van der Waals surface area contributed by atoms with Crippen LogP contribution < -0.4 is 16.4 Å². The Hall–Kier alpha value is -3.69. The van der Waals surface area contributed by atoms with Gasteiger partial charge in [0.25, 0.3) is 17.4 Å². The molecule has 0 aliphatic carbocycles. The Morgan fingerprint density at radius 3 is 2.29 bits per heavy atom. The van der Waals surface area contributed by atoms with Gasteiger partial charge in [0.15, 0.2) is 5.69 Å². The fraction of sp³-hybridized carbons (Fsp3) is 0.111. The molecule has 1 aromatic heterocycles. The molecule has 0 aliphatic rings. The molecule has 0 saturated carbocycles. The summed E-state index contributed by atoms with van der Waals surface area (Å²) in [5, 5.41) is 4.42. The second-order valence-electron chi connectivity index (χ2n) is 5.81. The number of nitrogens with zero attached hydrogens (tertiary/aromatic N) is 2. The molecule has 3 aromatic rings. The number of hydrogen-bond acceptors (Lipinski definition) is 4. The second kappa shape index (κ2) is 7.14. The average molecular weight is 390 g/mol. The Bertz CT molecular complexity index is 1140. The Morgan fingerprint density at radius 1 is 0.964 bits per heavy atom. The lowest BCUT2D eigenvalue weighted by Gasteiger charge is -2.11. The lowest BCUT2D eigenvalue weighted by atomic mass is 10.1. The molecule has 3 rings (SSSR count). The summed E-state index contributed by atoms with van der Waals surface area (Å²) in [6, 6.07) is 10.0. The number of nitrogens with one attached hydrogen (secondary N) is 2. The van der Waals surface area contributed by atoms with Gasteiger partial charge in [0.1, 0.15) is 0 Å². The largest absolute Gasteiger partial charge is 0.416 e. The van der Waals surface area contributed by atoms with Crippen LogP contribution in [0.1, 0.15) is 26.4 Å². The number of rotatable bonds is 2. The minimum absolute atomic E-state index is 0.123. The van der Waals surface area contributed by atoms with Crippen molar-refractivity contribution in [1.82, 2.24) is 20.6 Å². The van der Waals surface area contributed by atoms with Gasteiger partial charge in [-0.2, -0.15) is 18.3 Å². The molecule has 10 heteroatoms. The molecule has 0 fully saturated rings. The molecule has 28 heavy (non-hydrogen) atoms. The van der Waals surface area contributed by atoms with Crippen molar-refractivity contribution in [2.45, 2.75) is 6.18 Å². The van der Waals surface area contributed by atoms with E-state index in [1.165, 1.54) is 25.2 Å². The van der Waals surface area contributed by atoms with Gasteiger partial charge in [-0.15, -0.1) is 0 Å². The van der Waals surface area contributed by atoms with E-state index >= 15 is 0 Å². The normalized spacial score (nSPS) is 11.3. The summed E-state index contributed by atoms with van der Waals surface area (Å²) in [6.45, 7) is 0. The first-order valence-corrected chi connectivity index (χ1v) is 7.92. The molecule has 2 aromatic carbocycles. The highest BCUT2D eigenvalue weighted by molar-refractivity contribution is 6.06. The summed E-state index contributed by atoms with van der Waals surface area (Å²) >= 11 is 0. The highest BCUT2D eigenvalue weighted by Crippen LogP contribution is 2.29. The molecule has 2 N–H and O–H groups in total.